The molecule has 35 heavy (non-hydrogen) atoms. The molecular weight excluding hydrogens is 468 g/mol. The number of rotatable bonds is 5. The van der Waals surface area contributed by atoms with Crippen molar-refractivity contribution in [3.63, 3.8) is 0 Å². The van der Waals surface area contributed by atoms with Gasteiger partial charge in [-0.1, -0.05) is 6.58 Å². The maximum absolute atomic E-state index is 13.4. The summed E-state index contributed by atoms with van der Waals surface area (Å²) >= 11 is 0. The number of halogens is 4. The molecular formula is C23H24F4N6O2. The summed E-state index contributed by atoms with van der Waals surface area (Å²) in [6.45, 7) is 6.12. The van der Waals surface area contributed by atoms with E-state index in [2.05, 4.69) is 21.6 Å². The molecule has 4 heterocycles. The number of imidazole rings is 1. The summed E-state index contributed by atoms with van der Waals surface area (Å²) in [6.07, 6.45) is 0.950. The lowest BCUT2D eigenvalue weighted by Gasteiger charge is -2.44. The summed E-state index contributed by atoms with van der Waals surface area (Å²) in [5.41, 5.74) is -0.333. The number of carbonyl (C=O) groups is 1. The van der Waals surface area contributed by atoms with E-state index in [0.29, 0.717) is 19.4 Å². The van der Waals surface area contributed by atoms with Crippen LogP contribution in [0.1, 0.15) is 43.0 Å². The highest BCUT2D eigenvalue weighted by molar-refractivity contribution is 5.99. The van der Waals surface area contributed by atoms with Gasteiger partial charge in [0.05, 0.1) is 23.5 Å². The van der Waals surface area contributed by atoms with Crippen LogP contribution in [0.3, 0.4) is 0 Å². The normalized spacial score (nSPS) is 18.5. The fourth-order valence-corrected chi connectivity index (χ4v) is 4.46. The summed E-state index contributed by atoms with van der Waals surface area (Å²) < 4.78 is 55.1. The Morgan fingerprint density at radius 1 is 1.31 bits per heavy atom. The van der Waals surface area contributed by atoms with Crippen molar-refractivity contribution in [2.75, 3.05) is 6.54 Å². The quantitative estimate of drug-likeness (QED) is 0.538. The average Bonchev–Trinajstić information content (AvgIpc) is 3.32. The van der Waals surface area contributed by atoms with Gasteiger partial charge in [0.2, 0.25) is 0 Å². The average molecular weight is 492 g/mol. The Balaban J connectivity index is 1.85. The molecule has 12 heteroatoms. The topological polar surface area (TPSA) is 89.1 Å². The summed E-state index contributed by atoms with van der Waals surface area (Å²) in [5, 5.41) is 14.4. The van der Waals surface area contributed by atoms with Crippen LogP contribution in [0.25, 0.3) is 34.6 Å². The number of hydrogen-bond acceptors (Lipinski definition) is 5. The van der Waals surface area contributed by atoms with E-state index < -0.39 is 30.3 Å². The van der Waals surface area contributed by atoms with Crippen LogP contribution in [0, 0.1) is 0 Å². The fraction of sp³-hybridized carbons (Fsp3) is 0.391. The zero-order valence-electron chi connectivity index (χ0n) is 19.1. The molecule has 1 aliphatic heterocycles. The molecule has 4 rings (SSSR count). The van der Waals surface area contributed by atoms with Crippen molar-refractivity contribution >= 4 is 29.1 Å². The Labute approximate surface area is 198 Å². The smallest absolute Gasteiger partial charge is 0.393 e. The van der Waals surface area contributed by atoms with Gasteiger partial charge in [-0.15, -0.1) is 0 Å². The Bertz CT molecular complexity index is 1310. The molecule has 3 aromatic heterocycles. The molecule has 0 bridgehead atoms. The SMILES string of the molecule is C=Cc1ncc(-c2nn(CC(F)(F)F)c3cc(C(=O)N4CCC(O)CC4(C)C)ncc23)n1/C=C/F. The van der Waals surface area contributed by atoms with Gasteiger partial charge in [-0.05, 0) is 38.8 Å². The lowest BCUT2D eigenvalue weighted by Crippen LogP contribution is -2.54. The number of pyridine rings is 1. The summed E-state index contributed by atoms with van der Waals surface area (Å²) in [5.74, 6) is -0.189. The Morgan fingerprint density at radius 3 is 2.69 bits per heavy atom. The van der Waals surface area contributed by atoms with Gasteiger partial charge in [0.1, 0.15) is 30.1 Å². The van der Waals surface area contributed by atoms with Crippen molar-refractivity contribution in [2.24, 2.45) is 0 Å². The molecule has 1 fully saturated rings. The molecule has 1 aliphatic rings. The van der Waals surface area contributed by atoms with Crippen molar-refractivity contribution < 1.29 is 27.5 Å². The molecule has 186 valence electrons. The van der Waals surface area contributed by atoms with E-state index in [1.54, 1.807) is 4.90 Å². The number of aliphatic hydroxyl groups excluding tert-OH is 1. The predicted molar refractivity (Wildman–Crippen MR) is 122 cm³/mol. The van der Waals surface area contributed by atoms with Crippen LogP contribution >= 0.6 is 0 Å². The highest BCUT2D eigenvalue weighted by Crippen LogP contribution is 2.33. The molecule has 0 saturated carbocycles. The van der Waals surface area contributed by atoms with E-state index in [0.717, 1.165) is 10.9 Å². The molecule has 1 atom stereocenters. The number of fused-ring (bicyclic) bond motifs is 1. The van der Waals surface area contributed by atoms with E-state index in [-0.39, 0.29) is 40.1 Å². The lowest BCUT2D eigenvalue weighted by molar-refractivity contribution is -0.141. The third-order valence-corrected chi connectivity index (χ3v) is 6.04. The second-order valence-corrected chi connectivity index (χ2v) is 8.97. The minimum Gasteiger partial charge on any atom is -0.393 e. The van der Waals surface area contributed by atoms with Crippen molar-refractivity contribution in [2.45, 2.75) is 51.1 Å². The Morgan fingerprint density at radius 2 is 2.06 bits per heavy atom. The number of piperidine rings is 1. The van der Waals surface area contributed by atoms with Crippen LogP contribution in [0.4, 0.5) is 17.6 Å². The summed E-state index contributed by atoms with van der Waals surface area (Å²) in [6, 6.07) is 1.28. The first-order valence-corrected chi connectivity index (χ1v) is 10.9. The number of alkyl halides is 3. The third-order valence-electron chi connectivity index (χ3n) is 6.04. The van der Waals surface area contributed by atoms with Crippen LogP contribution in [0.2, 0.25) is 0 Å². The number of aromatic nitrogens is 5. The van der Waals surface area contributed by atoms with Gasteiger partial charge < -0.3 is 10.0 Å². The van der Waals surface area contributed by atoms with Gasteiger partial charge in [0, 0.05) is 29.9 Å². The van der Waals surface area contributed by atoms with Gasteiger partial charge >= 0.3 is 6.18 Å². The number of amides is 1. The van der Waals surface area contributed by atoms with Crippen LogP contribution < -0.4 is 0 Å². The van der Waals surface area contributed by atoms with Gasteiger partial charge in [-0.25, -0.2) is 9.37 Å². The van der Waals surface area contributed by atoms with Crippen molar-refractivity contribution in [3.05, 3.63) is 42.9 Å². The van der Waals surface area contributed by atoms with E-state index in [9.17, 15) is 27.5 Å². The second-order valence-electron chi connectivity index (χ2n) is 8.97. The molecule has 3 aromatic rings. The summed E-state index contributed by atoms with van der Waals surface area (Å²) in [7, 11) is 0. The van der Waals surface area contributed by atoms with Crippen molar-refractivity contribution in [1.82, 2.24) is 29.2 Å². The molecule has 1 unspecified atom stereocenters. The first-order valence-electron chi connectivity index (χ1n) is 10.9. The fourth-order valence-electron chi connectivity index (χ4n) is 4.46. The molecule has 0 aliphatic carbocycles. The highest BCUT2D eigenvalue weighted by Gasteiger charge is 2.38. The number of likely N-dealkylation sites (tertiary alicyclic amines) is 1. The molecule has 0 aromatic carbocycles. The molecule has 0 spiro atoms. The monoisotopic (exact) mass is 492 g/mol. The van der Waals surface area contributed by atoms with Gasteiger partial charge in [0.15, 0.2) is 0 Å². The number of carbonyl (C=O) groups excluding carboxylic acids is 1. The van der Waals surface area contributed by atoms with Crippen molar-refractivity contribution in [3.8, 4) is 11.4 Å². The van der Waals surface area contributed by atoms with E-state index in [1.165, 1.54) is 29.1 Å². The van der Waals surface area contributed by atoms with Crippen LogP contribution in [-0.2, 0) is 6.54 Å². The molecule has 1 N–H and O–H groups in total. The molecule has 1 saturated heterocycles. The van der Waals surface area contributed by atoms with Gasteiger partial charge in [-0.2, -0.15) is 18.3 Å². The maximum atomic E-state index is 13.4. The zero-order valence-corrected chi connectivity index (χ0v) is 19.1. The lowest BCUT2D eigenvalue weighted by atomic mass is 9.88. The maximum Gasteiger partial charge on any atom is 0.408 e. The van der Waals surface area contributed by atoms with Gasteiger partial charge in [-0.3, -0.25) is 19.0 Å². The summed E-state index contributed by atoms with van der Waals surface area (Å²) in [4.78, 5) is 23.2. The van der Waals surface area contributed by atoms with E-state index >= 15 is 0 Å². The number of hydrogen-bond donors (Lipinski definition) is 1. The molecule has 0 radical (unpaired) electrons. The Hall–Kier alpha value is -3.54. The zero-order chi connectivity index (χ0) is 25.5. The highest BCUT2D eigenvalue weighted by atomic mass is 19.4. The van der Waals surface area contributed by atoms with Crippen LogP contribution in [0.15, 0.2) is 31.4 Å². The minimum atomic E-state index is -4.58. The molecule has 8 nitrogen and oxygen atoms in total. The predicted octanol–water partition coefficient (Wildman–Crippen LogP) is 4.27. The number of nitrogens with zero attached hydrogens (tertiary/aromatic N) is 6. The van der Waals surface area contributed by atoms with E-state index in [4.69, 9.17) is 0 Å². The van der Waals surface area contributed by atoms with Crippen LogP contribution in [-0.4, -0.2) is 64.6 Å². The standard InChI is InChI=1S/C23H24F4N6O2/c1-4-19-29-12-18(31(19)8-6-24)20-15-11-28-16(9-17(15)33(30-20)13-23(25,26)27)21(35)32-7-5-14(34)10-22(32,2)3/h4,6,8-9,11-12,14,34H,1,5,7,10,13H2,2-3H3/b8-6+. The van der Waals surface area contributed by atoms with Crippen LogP contribution in [0.5, 0.6) is 0 Å². The second kappa shape index (κ2) is 8.91. The first-order chi connectivity index (χ1) is 16.4. The first kappa shape index (κ1) is 24.6. The molecule has 1 amide bonds. The third kappa shape index (κ3) is 4.70. The number of aliphatic hydroxyl groups is 1. The minimum absolute atomic E-state index is 0.0409. The van der Waals surface area contributed by atoms with Gasteiger partial charge in [0.25, 0.3) is 5.91 Å². The Kier molecular flexibility index (Phi) is 6.26. The van der Waals surface area contributed by atoms with E-state index in [1.807, 2.05) is 13.8 Å². The van der Waals surface area contributed by atoms with Crippen molar-refractivity contribution in [1.29, 1.82) is 0 Å². The largest absolute Gasteiger partial charge is 0.408 e.